The maximum Gasteiger partial charge on any atom is 0.255 e. The van der Waals surface area contributed by atoms with E-state index in [1.807, 2.05) is 42.1 Å². The van der Waals surface area contributed by atoms with Gasteiger partial charge in [-0.25, -0.2) is 9.97 Å². The van der Waals surface area contributed by atoms with Crippen LogP contribution in [0.2, 0.25) is 5.02 Å². The van der Waals surface area contributed by atoms with E-state index in [2.05, 4.69) is 75.2 Å². The normalized spacial score (nSPS) is 14.1. The van der Waals surface area contributed by atoms with Gasteiger partial charge in [0, 0.05) is 79.7 Å². The maximum atomic E-state index is 13.1. The van der Waals surface area contributed by atoms with Gasteiger partial charge in [0.1, 0.15) is 0 Å². The van der Waals surface area contributed by atoms with E-state index < -0.39 is 0 Å². The summed E-state index contributed by atoms with van der Waals surface area (Å²) in [5, 5.41) is 11.2. The Balaban J connectivity index is 1.20. The minimum atomic E-state index is -0.222. The lowest BCUT2D eigenvalue weighted by Gasteiger charge is -2.32. The molecule has 0 atom stereocenters. The van der Waals surface area contributed by atoms with Crippen molar-refractivity contribution in [2.24, 2.45) is 5.41 Å². The van der Waals surface area contributed by atoms with E-state index in [0.717, 1.165) is 61.6 Å². The molecule has 1 amide bonds. The Labute approximate surface area is 264 Å². The monoisotopic (exact) mass is 610 g/mol. The molecule has 0 unspecified atom stereocenters. The molecule has 2 N–H and O–H groups in total. The van der Waals surface area contributed by atoms with Crippen LogP contribution >= 0.6 is 11.6 Å². The standard InChI is InChI=1S/C34H39ClN8O/c1-24-6-8-27(32(44)39-29-11-10-28(31(35)17-29)21-42-14-12-41(5)13-15-42)16-26(24)9-7-25-18-36-33(37-19-25)40-30-20-38-43(22-30)23-34(2,3)4/h6,8,10-11,16-20,22H,12-15,21,23H2,1-5H3,(H,39,44)(H,36,37,40). The lowest BCUT2D eigenvalue weighted by molar-refractivity contribution is 0.102. The van der Waals surface area contributed by atoms with Gasteiger partial charge in [-0.2, -0.15) is 5.10 Å². The molecule has 5 rings (SSSR count). The molecule has 0 bridgehead atoms. The Morgan fingerprint density at radius 3 is 2.43 bits per heavy atom. The second-order valence-electron chi connectivity index (χ2n) is 12.5. The van der Waals surface area contributed by atoms with Crippen LogP contribution in [0.5, 0.6) is 0 Å². The molecular formula is C34H39ClN8O. The van der Waals surface area contributed by atoms with Crippen LogP contribution in [0.3, 0.4) is 0 Å². The van der Waals surface area contributed by atoms with Crippen LogP contribution in [-0.2, 0) is 13.1 Å². The molecule has 0 radical (unpaired) electrons. The summed E-state index contributed by atoms with van der Waals surface area (Å²) in [5.74, 6) is 6.53. The van der Waals surface area contributed by atoms with E-state index in [0.29, 0.717) is 27.8 Å². The molecule has 1 fully saturated rings. The lowest BCUT2D eigenvalue weighted by Crippen LogP contribution is -2.43. The molecule has 1 aliphatic heterocycles. The number of halogens is 1. The smallest absolute Gasteiger partial charge is 0.255 e. The fraction of sp³-hybridized carbons (Fsp3) is 0.353. The van der Waals surface area contributed by atoms with Gasteiger partial charge >= 0.3 is 0 Å². The molecule has 2 aromatic heterocycles. The van der Waals surface area contributed by atoms with Crippen molar-refractivity contribution in [3.8, 4) is 11.8 Å². The highest BCUT2D eigenvalue weighted by Gasteiger charge is 2.16. The molecule has 4 aromatic rings. The summed E-state index contributed by atoms with van der Waals surface area (Å²) < 4.78 is 1.90. The highest BCUT2D eigenvalue weighted by atomic mass is 35.5. The number of carbonyl (C=O) groups excluding carboxylic acids is 1. The number of anilines is 3. The van der Waals surface area contributed by atoms with E-state index in [1.165, 1.54) is 0 Å². The number of rotatable bonds is 7. The Hall–Kier alpha value is -4.23. The van der Waals surface area contributed by atoms with Crippen LogP contribution in [-0.4, -0.2) is 68.7 Å². The van der Waals surface area contributed by atoms with Crippen LogP contribution in [0.15, 0.2) is 61.2 Å². The van der Waals surface area contributed by atoms with Crippen LogP contribution in [0.1, 0.15) is 53.4 Å². The first-order valence-corrected chi connectivity index (χ1v) is 15.1. The summed E-state index contributed by atoms with van der Waals surface area (Å²) in [7, 11) is 2.14. The number of aryl methyl sites for hydroxylation is 1. The number of nitrogens with one attached hydrogen (secondary N) is 2. The largest absolute Gasteiger partial charge is 0.322 e. The molecule has 3 heterocycles. The summed E-state index contributed by atoms with van der Waals surface area (Å²) in [5.41, 5.74) is 5.57. The van der Waals surface area contributed by atoms with Crippen LogP contribution < -0.4 is 10.6 Å². The number of aromatic nitrogens is 4. The van der Waals surface area contributed by atoms with Crippen LogP contribution in [0, 0.1) is 24.2 Å². The zero-order valence-electron chi connectivity index (χ0n) is 26.0. The molecule has 0 aliphatic carbocycles. The van der Waals surface area contributed by atoms with Gasteiger partial charge in [0.2, 0.25) is 5.95 Å². The van der Waals surface area contributed by atoms with Crippen molar-refractivity contribution in [1.29, 1.82) is 0 Å². The Bertz CT molecular complexity index is 1670. The minimum absolute atomic E-state index is 0.132. The summed E-state index contributed by atoms with van der Waals surface area (Å²) in [6.07, 6.45) is 7.04. The van der Waals surface area contributed by atoms with Gasteiger partial charge in [-0.15, -0.1) is 0 Å². The summed E-state index contributed by atoms with van der Waals surface area (Å²) >= 11 is 6.60. The molecule has 1 aliphatic rings. The highest BCUT2D eigenvalue weighted by Crippen LogP contribution is 2.24. The third-order valence-electron chi connectivity index (χ3n) is 7.32. The van der Waals surface area contributed by atoms with Gasteiger partial charge in [-0.05, 0) is 54.8 Å². The third kappa shape index (κ3) is 8.66. The first-order chi connectivity index (χ1) is 21.0. The van der Waals surface area contributed by atoms with Gasteiger partial charge < -0.3 is 15.5 Å². The predicted octanol–water partition coefficient (Wildman–Crippen LogP) is 5.82. The van der Waals surface area contributed by atoms with Crippen molar-refractivity contribution in [2.75, 3.05) is 43.9 Å². The molecule has 0 spiro atoms. The number of nitrogens with zero attached hydrogens (tertiary/aromatic N) is 6. The number of carbonyl (C=O) groups is 1. The van der Waals surface area contributed by atoms with Gasteiger partial charge in [-0.3, -0.25) is 14.4 Å². The molecule has 10 heteroatoms. The van der Waals surface area contributed by atoms with E-state index >= 15 is 0 Å². The first kappa shape index (κ1) is 31.2. The zero-order chi connectivity index (χ0) is 31.3. The molecule has 1 saturated heterocycles. The number of amides is 1. The predicted molar refractivity (Wildman–Crippen MR) is 176 cm³/mol. The second kappa shape index (κ2) is 13.6. The summed E-state index contributed by atoms with van der Waals surface area (Å²) in [4.78, 5) is 26.6. The van der Waals surface area contributed by atoms with Gasteiger partial charge in [0.25, 0.3) is 5.91 Å². The fourth-order valence-corrected chi connectivity index (χ4v) is 5.07. The molecule has 228 valence electrons. The number of likely N-dealkylation sites (N-methyl/N-ethyl adjacent to an activating group) is 1. The maximum absolute atomic E-state index is 13.1. The van der Waals surface area contributed by atoms with E-state index in [4.69, 9.17) is 11.6 Å². The topological polar surface area (TPSA) is 91.2 Å². The van der Waals surface area contributed by atoms with Gasteiger partial charge in [-0.1, -0.05) is 56.3 Å². The zero-order valence-corrected chi connectivity index (χ0v) is 26.7. The summed E-state index contributed by atoms with van der Waals surface area (Å²) in [6, 6.07) is 11.2. The lowest BCUT2D eigenvalue weighted by atomic mass is 9.97. The van der Waals surface area contributed by atoms with Crippen molar-refractivity contribution in [3.05, 3.63) is 94.0 Å². The van der Waals surface area contributed by atoms with E-state index in [9.17, 15) is 4.79 Å². The SMILES string of the molecule is Cc1ccc(C(=O)Nc2ccc(CN3CCN(C)CC3)c(Cl)c2)cc1C#Cc1cnc(Nc2cnn(CC(C)(C)C)c2)nc1. The Kier molecular flexibility index (Phi) is 9.64. The molecule has 9 nitrogen and oxygen atoms in total. The highest BCUT2D eigenvalue weighted by molar-refractivity contribution is 6.31. The quantitative estimate of drug-likeness (QED) is 0.255. The molecule has 0 saturated carbocycles. The second-order valence-corrected chi connectivity index (χ2v) is 12.9. The van der Waals surface area contributed by atoms with Crippen molar-refractivity contribution < 1.29 is 4.79 Å². The van der Waals surface area contributed by atoms with Crippen LogP contribution in [0.4, 0.5) is 17.3 Å². The van der Waals surface area contributed by atoms with Gasteiger partial charge in [0.05, 0.1) is 17.4 Å². The minimum Gasteiger partial charge on any atom is -0.322 e. The van der Waals surface area contributed by atoms with Crippen molar-refractivity contribution in [1.82, 2.24) is 29.5 Å². The van der Waals surface area contributed by atoms with E-state index in [1.54, 1.807) is 30.7 Å². The average Bonchev–Trinajstić information content (AvgIpc) is 3.40. The molecule has 44 heavy (non-hydrogen) atoms. The van der Waals surface area contributed by atoms with E-state index in [-0.39, 0.29) is 11.3 Å². The number of hydrogen-bond donors (Lipinski definition) is 2. The van der Waals surface area contributed by atoms with Gasteiger partial charge in [0.15, 0.2) is 0 Å². The van der Waals surface area contributed by atoms with Crippen molar-refractivity contribution >= 4 is 34.8 Å². The first-order valence-electron chi connectivity index (χ1n) is 14.8. The molecule has 2 aromatic carbocycles. The van der Waals surface area contributed by atoms with Crippen LogP contribution in [0.25, 0.3) is 0 Å². The molecular weight excluding hydrogens is 572 g/mol. The number of piperazine rings is 1. The average molecular weight is 611 g/mol. The summed E-state index contributed by atoms with van der Waals surface area (Å²) in [6.45, 7) is 14.2. The number of benzene rings is 2. The Morgan fingerprint density at radius 2 is 1.73 bits per heavy atom. The Morgan fingerprint density at radius 1 is 0.977 bits per heavy atom. The third-order valence-corrected chi connectivity index (χ3v) is 7.67. The number of hydrogen-bond acceptors (Lipinski definition) is 7. The fourth-order valence-electron chi connectivity index (χ4n) is 4.83. The van der Waals surface area contributed by atoms with Crippen molar-refractivity contribution in [2.45, 2.75) is 40.8 Å². The van der Waals surface area contributed by atoms with Crippen molar-refractivity contribution in [3.63, 3.8) is 0 Å².